The fraction of sp³-hybridized carbons (Fsp3) is 0.615. The molecule has 0 spiro atoms. The lowest BCUT2D eigenvalue weighted by Gasteiger charge is -2.21. The maximum Gasteiger partial charge on any atom is 0.133 e. The molecule has 0 bridgehead atoms. The molecule has 3 atom stereocenters. The first-order valence-corrected chi connectivity index (χ1v) is 6.36. The topological polar surface area (TPSA) is 62.4 Å². The fourth-order valence-corrected chi connectivity index (χ4v) is 3.28. The SMILES string of the molecule is NCc1cccnc1N1CC2CCC(O)C2C1. The molecular formula is C13H19N3O. The van der Waals surface area contributed by atoms with Gasteiger partial charge in [-0.2, -0.15) is 0 Å². The summed E-state index contributed by atoms with van der Waals surface area (Å²) in [5.41, 5.74) is 6.84. The maximum absolute atomic E-state index is 9.92. The van der Waals surface area contributed by atoms with Gasteiger partial charge in [-0.25, -0.2) is 4.98 Å². The lowest BCUT2D eigenvalue weighted by atomic mass is 10.00. The number of hydrogen-bond donors (Lipinski definition) is 2. The van der Waals surface area contributed by atoms with Crippen LogP contribution in [-0.4, -0.2) is 29.3 Å². The average molecular weight is 233 g/mol. The number of nitrogens with zero attached hydrogens (tertiary/aromatic N) is 2. The van der Waals surface area contributed by atoms with Gasteiger partial charge in [0.2, 0.25) is 0 Å². The zero-order valence-corrected chi connectivity index (χ0v) is 9.92. The molecule has 4 nitrogen and oxygen atoms in total. The lowest BCUT2D eigenvalue weighted by molar-refractivity contribution is 0.133. The number of pyridine rings is 1. The van der Waals surface area contributed by atoms with Crippen molar-refractivity contribution in [2.24, 2.45) is 17.6 Å². The number of aliphatic hydroxyl groups is 1. The van der Waals surface area contributed by atoms with Gasteiger partial charge in [0.15, 0.2) is 0 Å². The molecule has 1 aliphatic heterocycles. The summed E-state index contributed by atoms with van der Waals surface area (Å²) in [7, 11) is 0. The monoisotopic (exact) mass is 233 g/mol. The van der Waals surface area contributed by atoms with Crippen molar-refractivity contribution in [2.45, 2.75) is 25.5 Å². The summed E-state index contributed by atoms with van der Waals surface area (Å²) in [5.74, 6) is 2.08. The molecule has 0 aromatic carbocycles. The zero-order valence-electron chi connectivity index (χ0n) is 9.92. The Morgan fingerprint density at radius 1 is 1.41 bits per heavy atom. The molecule has 1 saturated carbocycles. The zero-order chi connectivity index (χ0) is 11.8. The minimum absolute atomic E-state index is 0.116. The first-order valence-electron chi connectivity index (χ1n) is 6.36. The van der Waals surface area contributed by atoms with Crippen molar-refractivity contribution in [3.05, 3.63) is 23.9 Å². The predicted octanol–water partition coefficient (Wildman–Crippen LogP) is 0.747. The van der Waals surface area contributed by atoms with Crippen LogP contribution in [0.25, 0.3) is 0 Å². The van der Waals surface area contributed by atoms with E-state index in [0.29, 0.717) is 18.4 Å². The highest BCUT2D eigenvalue weighted by Crippen LogP contribution is 2.39. The fourth-order valence-electron chi connectivity index (χ4n) is 3.28. The molecule has 17 heavy (non-hydrogen) atoms. The average Bonchev–Trinajstić information content (AvgIpc) is 2.92. The molecule has 3 N–H and O–H groups in total. The van der Waals surface area contributed by atoms with Gasteiger partial charge in [-0.05, 0) is 24.8 Å². The number of nitrogens with two attached hydrogens (primary N) is 1. The number of rotatable bonds is 2. The van der Waals surface area contributed by atoms with Crippen LogP contribution in [0.15, 0.2) is 18.3 Å². The summed E-state index contributed by atoms with van der Waals surface area (Å²) >= 11 is 0. The number of aliphatic hydroxyl groups excluding tert-OH is 1. The molecule has 1 aromatic rings. The third-order valence-corrected chi connectivity index (χ3v) is 4.21. The van der Waals surface area contributed by atoms with Crippen molar-refractivity contribution in [3.8, 4) is 0 Å². The van der Waals surface area contributed by atoms with E-state index in [1.165, 1.54) is 0 Å². The Labute approximate surface area is 101 Å². The molecular weight excluding hydrogens is 214 g/mol. The van der Waals surface area contributed by atoms with Gasteiger partial charge in [0.25, 0.3) is 0 Å². The highest BCUT2D eigenvalue weighted by molar-refractivity contribution is 5.48. The summed E-state index contributed by atoms with van der Waals surface area (Å²) in [4.78, 5) is 6.74. The molecule has 1 aliphatic carbocycles. The lowest BCUT2D eigenvalue weighted by Crippen LogP contribution is -2.26. The normalized spacial score (nSPS) is 31.9. The first kappa shape index (κ1) is 11.0. The number of anilines is 1. The highest BCUT2D eigenvalue weighted by atomic mass is 16.3. The van der Waals surface area contributed by atoms with Crippen LogP contribution >= 0.6 is 0 Å². The largest absolute Gasteiger partial charge is 0.393 e. The van der Waals surface area contributed by atoms with Crippen LogP contribution in [0.4, 0.5) is 5.82 Å². The Morgan fingerprint density at radius 3 is 3.06 bits per heavy atom. The maximum atomic E-state index is 9.92. The van der Waals surface area contributed by atoms with Crippen molar-refractivity contribution in [3.63, 3.8) is 0 Å². The molecule has 4 heteroatoms. The van der Waals surface area contributed by atoms with Crippen LogP contribution in [0.2, 0.25) is 0 Å². The van der Waals surface area contributed by atoms with Gasteiger partial charge >= 0.3 is 0 Å². The Bertz CT molecular complexity index is 409. The summed E-state index contributed by atoms with van der Waals surface area (Å²) < 4.78 is 0. The Morgan fingerprint density at radius 2 is 2.29 bits per heavy atom. The molecule has 1 aromatic heterocycles. The van der Waals surface area contributed by atoms with E-state index in [0.717, 1.165) is 37.3 Å². The van der Waals surface area contributed by atoms with E-state index >= 15 is 0 Å². The quantitative estimate of drug-likeness (QED) is 0.791. The first-order chi connectivity index (χ1) is 8.29. The highest BCUT2D eigenvalue weighted by Gasteiger charge is 2.42. The van der Waals surface area contributed by atoms with Gasteiger partial charge in [0, 0.05) is 37.3 Å². The molecule has 1 saturated heterocycles. The minimum atomic E-state index is -0.116. The molecule has 3 rings (SSSR count). The third kappa shape index (κ3) is 1.81. The van der Waals surface area contributed by atoms with Crippen LogP contribution in [0.5, 0.6) is 0 Å². The van der Waals surface area contributed by atoms with Crippen LogP contribution in [0, 0.1) is 11.8 Å². The number of fused-ring (bicyclic) bond motifs is 1. The van der Waals surface area contributed by atoms with Crippen molar-refractivity contribution in [2.75, 3.05) is 18.0 Å². The molecule has 0 amide bonds. The van der Waals surface area contributed by atoms with Gasteiger partial charge in [-0.3, -0.25) is 0 Å². The van der Waals surface area contributed by atoms with E-state index in [9.17, 15) is 5.11 Å². The molecule has 3 unspecified atom stereocenters. The second kappa shape index (κ2) is 4.27. The van der Waals surface area contributed by atoms with Crippen molar-refractivity contribution >= 4 is 5.82 Å². The smallest absolute Gasteiger partial charge is 0.133 e. The second-order valence-electron chi connectivity index (χ2n) is 5.16. The van der Waals surface area contributed by atoms with Gasteiger partial charge in [0.05, 0.1) is 6.10 Å². The molecule has 2 fully saturated rings. The van der Waals surface area contributed by atoms with E-state index in [1.807, 2.05) is 18.3 Å². The molecule has 2 aliphatic rings. The Hall–Kier alpha value is -1.13. The standard InChI is InChI=1S/C13H19N3O/c14-6-9-2-1-5-15-13(9)16-7-10-3-4-12(17)11(10)8-16/h1-2,5,10-12,17H,3-4,6-8,14H2. The van der Waals surface area contributed by atoms with E-state index < -0.39 is 0 Å². The van der Waals surface area contributed by atoms with Crippen LogP contribution in [-0.2, 0) is 6.54 Å². The van der Waals surface area contributed by atoms with Gasteiger partial charge in [-0.1, -0.05) is 6.07 Å². The molecule has 2 heterocycles. The van der Waals surface area contributed by atoms with Crippen molar-refractivity contribution in [1.82, 2.24) is 4.98 Å². The van der Waals surface area contributed by atoms with Crippen molar-refractivity contribution in [1.29, 1.82) is 0 Å². The molecule has 92 valence electrons. The summed E-state index contributed by atoms with van der Waals surface area (Å²) in [5, 5.41) is 9.92. The van der Waals surface area contributed by atoms with Gasteiger partial charge in [0.1, 0.15) is 5.82 Å². The number of aromatic nitrogens is 1. The predicted molar refractivity (Wildman–Crippen MR) is 66.6 cm³/mol. The van der Waals surface area contributed by atoms with Crippen LogP contribution < -0.4 is 10.6 Å². The van der Waals surface area contributed by atoms with E-state index in [2.05, 4.69) is 9.88 Å². The van der Waals surface area contributed by atoms with Gasteiger partial charge in [-0.15, -0.1) is 0 Å². The third-order valence-electron chi connectivity index (χ3n) is 4.21. The summed E-state index contributed by atoms with van der Waals surface area (Å²) in [6, 6.07) is 3.96. The molecule has 0 radical (unpaired) electrons. The van der Waals surface area contributed by atoms with E-state index in [-0.39, 0.29) is 6.10 Å². The summed E-state index contributed by atoms with van der Waals surface area (Å²) in [6.07, 6.45) is 3.82. The van der Waals surface area contributed by atoms with Crippen LogP contribution in [0.1, 0.15) is 18.4 Å². The van der Waals surface area contributed by atoms with Gasteiger partial charge < -0.3 is 15.7 Å². The van der Waals surface area contributed by atoms with E-state index in [4.69, 9.17) is 5.73 Å². The minimum Gasteiger partial charge on any atom is -0.393 e. The Balaban J connectivity index is 1.82. The Kier molecular flexibility index (Phi) is 2.76. The second-order valence-corrected chi connectivity index (χ2v) is 5.16. The number of hydrogen-bond acceptors (Lipinski definition) is 4. The van der Waals surface area contributed by atoms with Crippen molar-refractivity contribution < 1.29 is 5.11 Å². The van der Waals surface area contributed by atoms with E-state index in [1.54, 1.807) is 0 Å². The summed E-state index contributed by atoms with van der Waals surface area (Å²) in [6.45, 7) is 2.47. The van der Waals surface area contributed by atoms with Crippen LogP contribution in [0.3, 0.4) is 0 Å².